The second kappa shape index (κ2) is 7.91. The topological polar surface area (TPSA) is 0 Å². The van der Waals surface area contributed by atoms with Gasteiger partial charge in [0.2, 0.25) is 0 Å². The Kier molecular flexibility index (Phi) is 6.66. The van der Waals surface area contributed by atoms with Crippen molar-refractivity contribution in [3.05, 3.63) is 82.9 Å². The van der Waals surface area contributed by atoms with Crippen LogP contribution in [0.3, 0.4) is 0 Å². The van der Waals surface area contributed by atoms with Gasteiger partial charge in [-0.15, -0.1) is 24.8 Å². The van der Waals surface area contributed by atoms with Gasteiger partial charge in [-0.3, -0.25) is 0 Å². The molecule has 0 saturated heterocycles. The van der Waals surface area contributed by atoms with Crippen LogP contribution in [0.2, 0.25) is 8.35 Å². The number of rotatable bonds is 4. The molecule has 138 valence electrons. The molecule has 0 saturated carbocycles. The molecule has 2 unspecified atom stereocenters. The minimum Gasteiger partial charge on any atom is -0.147 e. The van der Waals surface area contributed by atoms with Gasteiger partial charge in [0, 0.05) is 0 Å². The number of allylic oxidation sites excluding steroid dienone is 2. The first-order valence-corrected chi connectivity index (χ1v) is 26.8. The van der Waals surface area contributed by atoms with Crippen LogP contribution in [0.15, 0.2) is 60.7 Å². The maximum atomic E-state index is 2.56. The van der Waals surface area contributed by atoms with E-state index in [4.69, 9.17) is 0 Å². The Balaban J connectivity index is 0.00000121. The summed E-state index contributed by atoms with van der Waals surface area (Å²) in [5, 5.41) is 0. The fourth-order valence-corrected chi connectivity index (χ4v) is 32.9. The first-order chi connectivity index (χ1) is 11.6. The maximum Gasteiger partial charge on any atom is -0.147 e. The van der Waals surface area contributed by atoms with Crippen LogP contribution in [-0.4, -0.2) is 6.94 Å². The molecule has 0 amide bonds. The Morgan fingerprint density at radius 1 is 0.731 bits per heavy atom. The van der Waals surface area contributed by atoms with Crippen LogP contribution in [0, 0.1) is 0 Å². The van der Waals surface area contributed by atoms with Crippen molar-refractivity contribution in [3.8, 4) is 0 Å². The number of halogens is 2. The second-order valence-electron chi connectivity index (χ2n) is 7.78. The van der Waals surface area contributed by atoms with Crippen LogP contribution in [-0.2, 0) is 17.1 Å². The van der Waals surface area contributed by atoms with Gasteiger partial charge in [0.05, 0.1) is 0 Å². The maximum absolute atomic E-state index is 3.27. The molecule has 4 heteroatoms. The molecule has 2 aliphatic carbocycles. The summed E-state index contributed by atoms with van der Waals surface area (Å²) in [7, 11) is 0. The fourth-order valence-electron chi connectivity index (χ4n) is 5.18. The van der Waals surface area contributed by atoms with Crippen molar-refractivity contribution >= 4 is 43.9 Å². The molecule has 0 aliphatic heterocycles. The van der Waals surface area contributed by atoms with Crippen LogP contribution in [0.4, 0.5) is 0 Å². The van der Waals surface area contributed by atoms with Crippen LogP contribution in [0.5, 0.6) is 0 Å². The average molecular weight is 570 g/mol. The van der Waals surface area contributed by atoms with Gasteiger partial charge in [0.15, 0.2) is 0 Å². The summed E-state index contributed by atoms with van der Waals surface area (Å²) in [6, 6.07) is 18.2. The number of hydrogen-bond acceptors (Lipinski definition) is 0. The van der Waals surface area contributed by atoms with Crippen molar-refractivity contribution in [1.29, 1.82) is 0 Å². The molecule has 2 aliphatic rings. The zero-order valence-corrected chi connectivity index (χ0v) is 22.2. The van der Waals surface area contributed by atoms with Crippen molar-refractivity contribution in [2.75, 3.05) is 0 Å². The minimum atomic E-state index is -3.27. The Labute approximate surface area is 172 Å². The molecule has 26 heavy (non-hydrogen) atoms. The molecule has 0 aromatic heterocycles. The van der Waals surface area contributed by atoms with Crippen molar-refractivity contribution < 1.29 is 17.1 Å². The molecule has 0 N–H and O–H groups in total. The van der Waals surface area contributed by atoms with Crippen molar-refractivity contribution in [3.63, 3.8) is 0 Å². The van der Waals surface area contributed by atoms with E-state index >= 15 is 0 Å². The first kappa shape index (κ1) is 21.9. The van der Waals surface area contributed by atoms with Crippen molar-refractivity contribution in [1.82, 2.24) is 0 Å². The molecule has 4 rings (SSSR count). The normalized spacial score (nSPS) is 20.1. The zero-order chi connectivity index (χ0) is 16.8. The van der Waals surface area contributed by atoms with Gasteiger partial charge >= 0.3 is 149 Å². The number of fused-ring (bicyclic) bond motifs is 2. The van der Waals surface area contributed by atoms with Crippen LogP contribution >= 0.6 is 24.8 Å². The van der Waals surface area contributed by atoms with E-state index in [0.717, 1.165) is 0 Å². The Hall–Kier alpha value is -0.413. The molecule has 2 aromatic carbocycles. The van der Waals surface area contributed by atoms with Gasteiger partial charge in [0.1, 0.15) is 0 Å². The van der Waals surface area contributed by atoms with Gasteiger partial charge in [-0.2, -0.15) is 0 Å². The minimum absolute atomic E-state index is 0. The third-order valence-corrected chi connectivity index (χ3v) is 51.2. The second-order valence-corrected chi connectivity index (χ2v) is 47.6. The molecular weight excluding hydrogens is 542 g/mol. The monoisotopic (exact) mass is 570 g/mol. The third kappa shape index (κ3) is 2.98. The van der Waals surface area contributed by atoms with Gasteiger partial charge in [-0.1, -0.05) is 0 Å². The van der Waals surface area contributed by atoms with E-state index in [2.05, 4.69) is 93.6 Å². The summed E-state index contributed by atoms with van der Waals surface area (Å²) in [5.41, 5.74) is 6.11. The van der Waals surface area contributed by atoms with E-state index in [1.54, 1.807) is 11.1 Å². The van der Waals surface area contributed by atoms with Crippen molar-refractivity contribution in [2.45, 2.75) is 29.6 Å². The van der Waals surface area contributed by atoms with Crippen LogP contribution in [0.25, 0.3) is 12.2 Å². The quantitative estimate of drug-likeness (QED) is 0.370. The van der Waals surface area contributed by atoms with E-state index in [1.807, 2.05) is 0 Å². The Morgan fingerprint density at radius 2 is 1.12 bits per heavy atom. The molecular formula is C22H28Cl2HfSi. The number of benzene rings is 2. The average Bonchev–Trinajstić information content (AvgIpc) is 3.26. The van der Waals surface area contributed by atoms with E-state index < -0.39 is 17.1 Å². The SMILES string of the molecule is C[CH2][Hf](=[SiH2])([CH2]C)([CH]1C=Cc2ccccc21)[CH]1C=Cc2ccccc21.Cl.Cl. The molecule has 2 atom stereocenters. The third-order valence-electron chi connectivity index (χ3n) is 7.09. The number of hydrogen-bond donors (Lipinski definition) is 0. The summed E-state index contributed by atoms with van der Waals surface area (Å²) in [4.78, 5) is 0. The van der Waals surface area contributed by atoms with Gasteiger partial charge in [0.25, 0.3) is 0 Å². The fraction of sp³-hybridized carbons (Fsp3) is 0.273. The molecule has 0 radical (unpaired) electrons. The Bertz CT molecular complexity index is 854. The molecule has 0 bridgehead atoms. The van der Waals surface area contributed by atoms with E-state index in [1.165, 1.54) is 19.5 Å². The van der Waals surface area contributed by atoms with E-state index in [9.17, 15) is 0 Å². The Morgan fingerprint density at radius 3 is 1.50 bits per heavy atom. The first-order valence-electron chi connectivity index (χ1n) is 9.19. The van der Waals surface area contributed by atoms with Gasteiger partial charge in [-0.05, 0) is 0 Å². The predicted octanol–water partition coefficient (Wildman–Crippen LogP) is 6.48. The predicted molar refractivity (Wildman–Crippen MR) is 120 cm³/mol. The summed E-state index contributed by atoms with van der Waals surface area (Å²) in [6.07, 6.45) is 9.91. The summed E-state index contributed by atoms with van der Waals surface area (Å²) in [6.45, 7) is 7.45. The van der Waals surface area contributed by atoms with Gasteiger partial charge < -0.3 is 0 Å². The zero-order valence-electron chi connectivity index (χ0n) is 15.5. The van der Waals surface area contributed by atoms with Gasteiger partial charge in [-0.25, -0.2) is 0 Å². The van der Waals surface area contributed by atoms with E-state index in [0.29, 0.717) is 7.35 Å². The molecule has 0 spiro atoms. The largest absolute Gasteiger partial charge is 0.147 e. The molecule has 0 fully saturated rings. The molecule has 2 aromatic rings. The smallest absolute Gasteiger partial charge is 0.147 e. The standard InChI is InChI=1S/2C9H7.2C2H5.2ClH.Hf.H2Si/c2*1-2-5-9-7-3-6-8(9)4-1;2*1-2;;;;/h2*1-7H;2*1H2,2H3;2*1H;;1H2. The molecule has 0 heterocycles. The summed E-state index contributed by atoms with van der Waals surface area (Å²) >= 11 is -3.27. The van der Waals surface area contributed by atoms with E-state index in [-0.39, 0.29) is 24.8 Å². The summed E-state index contributed by atoms with van der Waals surface area (Å²) < 4.78 is 4.15. The molecule has 0 nitrogen and oxygen atoms in total. The summed E-state index contributed by atoms with van der Waals surface area (Å²) in [5.74, 6) is 0. The van der Waals surface area contributed by atoms with Crippen molar-refractivity contribution in [2.24, 2.45) is 0 Å². The van der Waals surface area contributed by atoms with Crippen LogP contribution < -0.4 is 0 Å². The van der Waals surface area contributed by atoms with Crippen LogP contribution in [0.1, 0.15) is 43.5 Å².